The van der Waals surface area contributed by atoms with Crippen molar-refractivity contribution in [3.05, 3.63) is 53.6 Å². The molecule has 1 aromatic heterocycles. The maximum absolute atomic E-state index is 12.7. The molecule has 2 aliphatic rings. The number of hydrogen-bond donors (Lipinski definition) is 1. The van der Waals surface area contributed by atoms with Crippen LogP contribution in [-0.2, 0) is 17.3 Å². The van der Waals surface area contributed by atoms with Crippen LogP contribution < -0.4 is 15.5 Å². The highest BCUT2D eigenvalue weighted by Crippen LogP contribution is 2.31. The second-order valence-electron chi connectivity index (χ2n) is 7.94. The molecule has 6 nitrogen and oxygen atoms in total. The topological polar surface area (TPSA) is 75.4 Å². The first-order valence-electron chi connectivity index (χ1n) is 10.1. The molecule has 0 spiro atoms. The highest BCUT2D eigenvalue weighted by Gasteiger charge is 2.26. The standard InChI is InChI=1S/C22H25N5OS/c1-15-6-7-19-18(12-15)21(26-9-8-17(23)14-26)25-22(24-19)27-10-11-29(28)20-5-3-2-4-16(20)13-27/h2-7,12,17H,8-11,13-14,23H2,1H3/t17-,29?/m0/s1. The van der Waals surface area contributed by atoms with Gasteiger partial charge in [0.25, 0.3) is 0 Å². The van der Waals surface area contributed by atoms with E-state index in [1.54, 1.807) is 0 Å². The van der Waals surface area contributed by atoms with Crippen LogP contribution in [-0.4, -0.2) is 45.6 Å². The van der Waals surface area contributed by atoms with Gasteiger partial charge in [-0.3, -0.25) is 4.21 Å². The summed E-state index contributed by atoms with van der Waals surface area (Å²) in [6, 6.07) is 14.5. The van der Waals surface area contributed by atoms with Crippen molar-refractivity contribution in [1.29, 1.82) is 0 Å². The van der Waals surface area contributed by atoms with Gasteiger partial charge in [-0.15, -0.1) is 0 Å². The van der Waals surface area contributed by atoms with Crippen LogP contribution in [0.5, 0.6) is 0 Å². The number of benzene rings is 2. The van der Waals surface area contributed by atoms with Crippen LogP contribution in [0.25, 0.3) is 10.9 Å². The molecule has 3 heterocycles. The molecule has 5 rings (SSSR count). The summed E-state index contributed by atoms with van der Waals surface area (Å²) in [6.07, 6.45) is 0.975. The number of nitrogens with two attached hydrogens (primary N) is 1. The van der Waals surface area contributed by atoms with Gasteiger partial charge in [0.2, 0.25) is 5.95 Å². The zero-order valence-electron chi connectivity index (χ0n) is 16.5. The van der Waals surface area contributed by atoms with Gasteiger partial charge in [0.15, 0.2) is 0 Å². The Balaban J connectivity index is 1.60. The Morgan fingerprint density at radius 2 is 1.97 bits per heavy atom. The van der Waals surface area contributed by atoms with Crippen LogP contribution in [0, 0.1) is 6.92 Å². The monoisotopic (exact) mass is 407 g/mol. The molecule has 29 heavy (non-hydrogen) atoms. The number of rotatable bonds is 2. The second-order valence-corrected chi connectivity index (χ2v) is 9.48. The maximum Gasteiger partial charge on any atom is 0.228 e. The van der Waals surface area contributed by atoms with Gasteiger partial charge in [0.05, 0.1) is 16.3 Å². The molecule has 0 amide bonds. The van der Waals surface area contributed by atoms with Crippen LogP contribution >= 0.6 is 0 Å². The van der Waals surface area contributed by atoms with E-state index in [0.29, 0.717) is 24.8 Å². The summed E-state index contributed by atoms with van der Waals surface area (Å²) in [7, 11) is -0.993. The molecule has 0 aliphatic carbocycles. The predicted molar refractivity (Wildman–Crippen MR) is 118 cm³/mol. The summed E-state index contributed by atoms with van der Waals surface area (Å²) in [4.78, 5) is 15.3. The van der Waals surface area contributed by atoms with Crippen molar-refractivity contribution < 1.29 is 4.21 Å². The zero-order valence-corrected chi connectivity index (χ0v) is 17.4. The fourth-order valence-corrected chi connectivity index (χ4v) is 5.45. The van der Waals surface area contributed by atoms with E-state index in [1.807, 2.05) is 18.2 Å². The van der Waals surface area contributed by atoms with Gasteiger partial charge >= 0.3 is 0 Å². The van der Waals surface area contributed by atoms with E-state index in [4.69, 9.17) is 15.7 Å². The van der Waals surface area contributed by atoms with Crippen molar-refractivity contribution >= 4 is 33.5 Å². The molecule has 0 radical (unpaired) electrons. The summed E-state index contributed by atoms with van der Waals surface area (Å²) < 4.78 is 12.7. The quantitative estimate of drug-likeness (QED) is 0.704. The number of anilines is 2. The lowest BCUT2D eigenvalue weighted by molar-refractivity contribution is 0.683. The molecule has 0 bridgehead atoms. The van der Waals surface area contributed by atoms with E-state index in [9.17, 15) is 4.21 Å². The number of nitrogens with zero attached hydrogens (tertiary/aromatic N) is 4. The number of aromatic nitrogens is 2. The van der Waals surface area contributed by atoms with Crippen molar-refractivity contribution in [3.8, 4) is 0 Å². The smallest absolute Gasteiger partial charge is 0.228 e. The minimum atomic E-state index is -0.993. The Kier molecular flexibility index (Phi) is 4.72. The molecule has 2 aliphatic heterocycles. The van der Waals surface area contributed by atoms with Gasteiger partial charge in [0, 0.05) is 48.3 Å². The third-order valence-electron chi connectivity index (χ3n) is 5.75. The third kappa shape index (κ3) is 3.49. The molecule has 150 valence electrons. The van der Waals surface area contributed by atoms with Gasteiger partial charge in [-0.05, 0) is 37.1 Å². The molecule has 1 saturated heterocycles. The van der Waals surface area contributed by atoms with E-state index in [0.717, 1.165) is 46.7 Å². The normalized spacial score (nSPS) is 22.0. The van der Waals surface area contributed by atoms with Crippen LogP contribution in [0.4, 0.5) is 11.8 Å². The Labute approximate surface area is 173 Å². The summed E-state index contributed by atoms with van der Waals surface area (Å²) >= 11 is 0. The van der Waals surface area contributed by atoms with Crippen LogP contribution in [0.1, 0.15) is 17.5 Å². The SMILES string of the molecule is Cc1ccc2nc(N3CCS(=O)c4ccccc4C3)nc(N3CC[C@H](N)C3)c2c1. The summed E-state index contributed by atoms with van der Waals surface area (Å²) in [5, 5.41) is 1.07. The van der Waals surface area contributed by atoms with Crippen molar-refractivity contribution in [3.63, 3.8) is 0 Å². The fraction of sp³-hybridized carbons (Fsp3) is 0.364. The first kappa shape index (κ1) is 18.5. The number of fused-ring (bicyclic) bond motifs is 2. The number of hydrogen-bond acceptors (Lipinski definition) is 6. The van der Waals surface area contributed by atoms with E-state index >= 15 is 0 Å². The highest BCUT2D eigenvalue weighted by atomic mass is 32.2. The van der Waals surface area contributed by atoms with Crippen LogP contribution in [0.2, 0.25) is 0 Å². The maximum atomic E-state index is 12.7. The molecule has 1 unspecified atom stereocenters. The lowest BCUT2D eigenvalue weighted by atomic mass is 10.1. The second kappa shape index (κ2) is 7.39. The van der Waals surface area contributed by atoms with E-state index in [1.165, 1.54) is 5.56 Å². The summed E-state index contributed by atoms with van der Waals surface area (Å²) in [6.45, 7) is 5.14. The molecule has 7 heteroatoms. The summed E-state index contributed by atoms with van der Waals surface area (Å²) in [5.41, 5.74) is 9.39. The minimum absolute atomic E-state index is 0.181. The van der Waals surface area contributed by atoms with Crippen molar-refractivity contribution in [2.45, 2.75) is 30.8 Å². The molecule has 2 N–H and O–H groups in total. The Bertz CT molecular complexity index is 1100. The Morgan fingerprint density at radius 3 is 2.79 bits per heavy atom. The highest BCUT2D eigenvalue weighted by molar-refractivity contribution is 7.85. The Morgan fingerprint density at radius 1 is 1.10 bits per heavy atom. The van der Waals surface area contributed by atoms with E-state index < -0.39 is 10.8 Å². The molecule has 0 saturated carbocycles. The average Bonchev–Trinajstić information content (AvgIpc) is 3.08. The van der Waals surface area contributed by atoms with Crippen molar-refractivity contribution in [2.75, 3.05) is 35.2 Å². The van der Waals surface area contributed by atoms with Gasteiger partial charge in [-0.25, -0.2) is 4.98 Å². The fourth-order valence-electron chi connectivity index (χ4n) is 4.19. The third-order valence-corrected chi connectivity index (χ3v) is 7.19. The predicted octanol–water partition coefficient (Wildman–Crippen LogP) is 2.60. The zero-order chi connectivity index (χ0) is 20.0. The molecular weight excluding hydrogens is 382 g/mol. The van der Waals surface area contributed by atoms with Gasteiger partial charge in [-0.1, -0.05) is 29.8 Å². The molecule has 2 atom stereocenters. The van der Waals surface area contributed by atoms with Crippen LogP contribution in [0.3, 0.4) is 0 Å². The Hall–Kier alpha value is -2.51. The lowest BCUT2D eigenvalue weighted by Crippen LogP contribution is -2.30. The van der Waals surface area contributed by atoms with Gasteiger partial charge in [0.1, 0.15) is 5.82 Å². The summed E-state index contributed by atoms with van der Waals surface area (Å²) in [5.74, 6) is 2.24. The first-order valence-corrected chi connectivity index (χ1v) is 11.4. The van der Waals surface area contributed by atoms with E-state index in [2.05, 4.69) is 41.0 Å². The number of aryl methyl sites for hydroxylation is 1. The molecule has 2 aromatic carbocycles. The van der Waals surface area contributed by atoms with Gasteiger partial charge < -0.3 is 15.5 Å². The molecular formula is C22H25N5OS. The van der Waals surface area contributed by atoms with Crippen molar-refractivity contribution in [2.24, 2.45) is 5.73 Å². The van der Waals surface area contributed by atoms with Crippen LogP contribution in [0.15, 0.2) is 47.4 Å². The largest absolute Gasteiger partial charge is 0.354 e. The van der Waals surface area contributed by atoms with Crippen molar-refractivity contribution in [1.82, 2.24) is 9.97 Å². The lowest BCUT2D eigenvalue weighted by Gasteiger charge is -2.25. The minimum Gasteiger partial charge on any atom is -0.354 e. The first-order chi connectivity index (χ1) is 14.1. The molecule has 3 aromatic rings. The average molecular weight is 408 g/mol. The molecule has 1 fully saturated rings. The van der Waals surface area contributed by atoms with Gasteiger partial charge in [-0.2, -0.15) is 4.98 Å². The van der Waals surface area contributed by atoms with E-state index in [-0.39, 0.29) is 6.04 Å².